The Bertz CT molecular complexity index is 1290. The fourth-order valence-corrected chi connectivity index (χ4v) is 4.27. The fraction of sp³-hybridized carbons (Fsp3) is 0.207. The van der Waals surface area contributed by atoms with Crippen molar-refractivity contribution in [3.63, 3.8) is 0 Å². The van der Waals surface area contributed by atoms with Crippen LogP contribution < -0.4 is 14.4 Å². The van der Waals surface area contributed by atoms with E-state index in [2.05, 4.69) is 15.1 Å². The third-order valence-corrected chi connectivity index (χ3v) is 6.32. The summed E-state index contributed by atoms with van der Waals surface area (Å²) >= 11 is 0. The lowest BCUT2D eigenvalue weighted by Gasteiger charge is -2.35. The molecule has 3 aromatic carbocycles. The van der Waals surface area contributed by atoms with Gasteiger partial charge in [0.25, 0.3) is 5.91 Å². The first-order chi connectivity index (χ1) is 17.7. The van der Waals surface area contributed by atoms with Gasteiger partial charge >= 0.3 is 0 Å². The van der Waals surface area contributed by atoms with Crippen LogP contribution in [0.4, 0.5) is 5.82 Å². The van der Waals surface area contributed by atoms with Crippen LogP contribution in [0.1, 0.15) is 0 Å². The summed E-state index contributed by atoms with van der Waals surface area (Å²) in [6, 6.07) is 29.6. The average molecular weight is 481 g/mol. The Balaban J connectivity index is 1.15. The van der Waals surface area contributed by atoms with Crippen LogP contribution in [0, 0.1) is 0 Å². The number of aromatic nitrogens is 2. The second-order valence-corrected chi connectivity index (χ2v) is 8.52. The van der Waals surface area contributed by atoms with Gasteiger partial charge in [-0.2, -0.15) is 0 Å². The fourth-order valence-electron chi connectivity index (χ4n) is 4.27. The first-order valence-corrected chi connectivity index (χ1v) is 12.0. The Morgan fingerprint density at radius 3 is 2.19 bits per heavy atom. The molecule has 1 aliphatic rings. The Labute approximate surface area is 210 Å². The number of methoxy groups -OCH3 is 1. The number of nitrogens with zero attached hydrogens (tertiary/aromatic N) is 4. The molecule has 7 nitrogen and oxygen atoms in total. The highest BCUT2D eigenvalue weighted by molar-refractivity contribution is 5.79. The molecule has 2 heterocycles. The van der Waals surface area contributed by atoms with Crippen molar-refractivity contribution in [3.8, 4) is 33.9 Å². The minimum absolute atomic E-state index is 0.0141. The molecule has 1 aromatic heterocycles. The van der Waals surface area contributed by atoms with E-state index in [1.165, 1.54) is 0 Å². The normalized spacial score (nSPS) is 13.4. The SMILES string of the molecule is COc1ccc(-c2ccc(N3CCN(C(=O)COc4ccccc4-c4ccccc4)CC3)nn2)cc1. The summed E-state index contributed by atoms with van der Waals surface area (Å²) in [5.41, 5.74) is 3.84. The topological polar surface area (TPSA) is 67.8 Å². The number of anilines is 1. The Morgan fingerprint density at radius 2 is 1.50 bits per heavy atom. The lowest BCUT2D eigenvalue weighted by atomic mass is 10.1. The first-order valence-electron chi connectivity index (χ1n) is 12.0. The van der Waals surface area contributed by atoms with E-state index in [0.717, 1.165) is 34.0 Å². The van der Waals surface area contributed by atoms with Gasteiger partial charge in [-0.15, -0.1) is 10.2 Å². The van der Waals surface area contributed by atoms with Crippen LogP contribution in [0.5, 0.6) is 11.5 Å². The van der Waals surface area contributed by atoms with Crippen molar-refractivity contribution in [2.24, 2.45) is 0 Å². The molecule has 0 aliphatic carbocycles. The van der Waals surface area contributed by atoms with Gasteiger partial charge in [-0.1, -0.05) is 48.5 Å². The Hall–Kier alpha value is -4.39. The number of carbonyl (C=O) groups is 1. The highest BCUT2D eigenvalue weighted by Gasteiger charge is 2.23. The molecule has 0 radical (unpaired) electrons. The minimum atomic E-state index is -0.0153. The number of hydrogen-bond donors (Lipinski definition) is 0. The van der Waals surface area contributed by atoms with Gasteiger partial charge in [0.15, 0.2) is 12.4 Å². The number of rotatable bonds is 7. The van der Waals surface area contributed by atoms with Crippen LogP contribution in [0.2, 0.25) is 0 Å². The van der Waals surface area contributed by atoms with E-state index >= 15 is 0 Å². The van der Waals surface area contributed by atoms with Crippen LogP contribution in [-0.2, 0) is 4.79 Å². The number of benzene rings is 3. The molecule has 1 saturated heterocycles. The largest absolute Gasteiger partial charge is 0.497 e. The number of hydrogen-bond acceptors (Lipinski definition) is 6. The molecule has 5 rings (SSSR count). The molecule has 36 heavy (non-hydrogen) atoms. The summed E-state index contributed by atoms with van der Waals surface area (Å²) in [5.74, 6) is 2.32. The van der Waals surface area contributed by atoms with Crippen molar-refractivity contribution in [2.45, 2.75) is 0 Å². The number of carbonyl (C=O) groups excluding carboxylic acids is 1. The van der Waals surface area contributed by atoms with Crippen LogP contribution >= 0.6 is 0 Å². The van der Waals surface area contributed by atoms with Gasteiger partial charge in [-0.05, 0) is 48.0 Å². The van der Waals surface area contributed by atoms with E-state index < -0.39 is 0 Å². The first kappa shape index (κ1) is 23.4. The van der Waals surface area contributed by atoms with Crippen molar-refractivity contribution in [1.29, 1.82) is 0 Å². The lowest BCUT2D eigenvalue weighted by molar-refractivity contribution is -0.133. The smallest absolute Gasteiger partial charge is 0.260 e. The number of piperazine rings is 1. The molecule has 0 bridgehead atoms. The molecule has 0 spiro atoms. The predicted molar refractivity (Wildman–Crippen MR) is 140 cm³/mol. The van der Waals surface area contributed by atoms with Gasteiger partial charge in [-0.3, -0.25) is 4.79 Å². The molecule has 1 fully saturated rings. The van der Waals surface area contributed by atoms with Gasteiger partial charge in [0.2, 0.25) is 0 Å². The maximum Gasteiger partial charge on any atom is 0.260 e. The second-order valence-electron chi connectivity index (χ2n) is 8.52. The van der Waals surface area contributed by atoms with E-state index in [9.17, 15) is 4.79 Å². The summed E-state index contributed by atoms with van der Waals surface area (Å²) in [6.07, 6.45) is 0. The molecule has 1 aliphatic heterocycles. The molecule has 1 amide bonds. The van der Waals surface area contributed by atoms with E-state index in [4.69, 9.17) is 9.47 Å². The third-order valence-electron chi connectivity index (χ3n) is 6.32. The summed E-state index contributed by atoms with van der Waals surface area (Å²) in [7, 11) is 1.65. The molecular weight excluding hydrogens is 452 g/mol. The monoisotopic (exact) mass is 480 g/mol. The van der Waals surface area contributed by atoms with Crippen molar-refractivity contribution < 1.29 is 14.3 Å². The van der Waals surface area contributed by atoms with Crippen LogP contribution in [0.3, 0.4) is 0 Å². The molecule has 182 valence electrons. The zero-order chi connectivity index (χ0) is 24.7. The van der Waals surface area contributed by atoms with Crippen LogP contribution in [0.25, 0.3) is 22.4 Å². The van der Waals surface area contributed by atoms with Gasteiger partial charge in [0, 0.05) is 37.3 Å². The number of para-hydroxylation sites is 1. The van der Waals surface area contributed by atoms with E-state index in [0.29, 0.717) is 31.9 Å². The number of ether oxygens (including phenoxy) is 2. The highest BCUT2D eigenvalue weighted by Crippen LogP contribution is 2.29. The summed E-state index contributed by atoms with van der Waals surface area (Å²) in [6.45, 7) is 2.64. The molecule has 0 saturated carbocycles. The zero-order valence-electron chi connectivity index (χ0n) is 20.2. The van der Waals surface area contributed by atoms with Gasteiger partial charge in [-0.25, -0.2) is 0 Å². The van der Waals surface area contributed by atoms with Crippen molar-refractivity contribution in [1.82, 2.24) is 15.1 Å². The lowest BCUT2D eigenvalue weighted by Crippen LogP contribution is -2.50. The van der Waals surface area contributed by atoms with Gasteiger partial charge in [0.05, 0.1) is 12.8 Å². The summed E-state index contributed by atoms with van der Waals surface area (Å²) in [5, 5.41) is 8.82. The quantitative estimate of drug-likeness (QED) is 0.387. The molecule has 7 heteroatoms. The van der Waals surface area contributed by atoms with Crippen molar-refractivity contribution in [2.75, 3.05) is 44.8 Å². The van der Waals surface area contributed by atoms with E-state index in [1.54, 1.807) is 7.11 Å². The summed E-state index contributed by atoms with van der Waals surface area (Å²) in [4.78, 5) is 16.9. The maximum absolute atomic E-state index is 12.9. The average Bonchev–Trinajstić information content (AvgIpc) is 2.97. The molecular formula is C29H28N4O3. The Morgan fingerprint density at radius 1 is 0.778 bits per heavy atom. The molecule has 0 N–H and O–H groups in total. The Kier molecular flexibility index (Phi) is 7.07. The maximum atomic E-state index is 12.9. The van der Waals surface area contributed by atoms with Crippen molar-refractivity contribution >= 4 is 11.7 Å². The molecule has 0 atom stereocenters. The summed E-state index contributed by atoms with van der Waals surface area (Å²) < 4.78 is 11.2. The minimum Gasteiger partial charge on any atom is -0.497 e. The van der Waals surface area contributed by atoms with Gasteiger partial charge < -0.3 is 19.3 Å². The van der Waals surface area contributed by atoms with Crippen LogP contribution in [-0.4, -0.2) is 60.9 Å². The zero-order valence-corrected chi connectivity index (χ0v) is 20.2. The van der Waals surface area contributed by atoms with Crippen LogP contribution in [0.15, 0.2) is 91.0 Å². The third kappa shape index (κ3) is 5.30. The highest BCUT2D eigenvalue weighted by atomic mass is 16.5. The number of amides is 1. The van der Waals surface area contributed by atoms with E-state index in [-0.39, 0.29) is 12.5 Å². The standard InChI is InChI=1S/C29H28N4O3/c1-35-24-13-11-23(12-14-24)26-15-16-28(31-30-26)32-17-19-33(20-18-32)29(34)21-36-27-10-6-5-9-25(27)22-7-3-2-4-8-22/h2-16H,17-21H2,1H3. The molecule has 0 unspecified atom stereocenters. The predicted octanol–water partition coefficient (Wildman–Crippen LogP) is 4.55. The second kappa shape index (κ2) is 10.9. The van der Waals surface area contributed by atoms with Gasteiger partial charge in [0.1, 0.15) is 11.5 Å². The van der Waals surface area contributed by atoms with Crippen molar-refractivity contribution in [3.05, 3.63) is 91.0 Å². The van der Waals surface area contributed by atoms with E-state index in [1.807, 2.05) is 95.9 Å². The molecule has 4 aromatic rings.